The maximum Gasteiger partial charge on any atom is 0.134 e. The van der Waals surface area contributed by atoms with Gasteiger partial charge in [-0.1, -0.05) is 18.2 Å². The lowest BCUT2D eigenvalue weighted by atomic mass is 10.2. The first kappa shape index (κ1) is 13.1. The predicted octanol–water partition coefficient (Wildman–Crippen LogP) is 3.04. The van der Waals surface area contributed by atoms with Crippen LogP contribution in [0.1, 0.15) is 25.1 Å². The summed E-state index contributed by atoms with van der Waals surface area (Å²) in [7, 11) is 4.20. The van der Waals surface area contributed by atoms with E-state index in [4.69, 9.17) is 4.42 Å². The summed E-state index contributed by atoms with van der Waals surface area (Å²) in [6.07, 6.45) is 1.15. The van der Waals surface area contributed by atoms with Crippen molar-refractivity contribution in [2.45, 2.75) is 19.4 Å². The summed E-state index contributed by atoms with van der Waals surface area (Å²) in [4.78, 5) is 2.20. The number of hydrogen-bond donors (Lipinski definition) is 1. The molecule has 0 spiro atoms. The van der Waals surface area contributed by atoms with Crippen LogP contribution < -0.4 is 5.32 Å². The molecule has 0 radical (unpaired) electrons. The fraction of sp³-hybridized carbons (Fsp3) is 0.467. The Balaban J connectivity index is 1.90. The highest BCUT2D eigenvalue weighted by Crippen LogP contribution is 2.23. The van der Waals surface area contributed by atoms with Crippen molar-refractivity contribution in [2.24, 2.45) is 0 Å². The van der Waals surface area contributed by atoms with Gasteiger partial charge in [0.25, 0.3) is 0 Å². The fourth-order valence-corrected chi connectivity index (χ4v) is 2.03. The summed E-state index contributed by atoms with van der Waals surface area (Å²) in [5.41, 5.74) is 0.967. The first-order valence-electron chi connectivity index (χ1n) is 6.53. The van der Waals surface area contributed by atoms with Crippen molar-refractivity contribution >= 4 is 11.0 Å². The zero-order valence-electron chi connectivity index (χ0n) is 11.4. The van der Waals surface area contributed by atoms with Crippen LogP contribution in [0, 0.1) is 0 Å². The molecule has 98 valence electrons. The average Bonchev–Trinajstić information content (AvgIpc) is 2.78. The van der Waals surface area contributed by atoms with Crippen molar-refractivity contribution < 1.29 is 4.42 Å². The second-order valence-corrected chi connectivity index (χ2v) is 5.02. The first-order valence-corrected chi connectivity index (χ1v) is 6.53. The van der Waals surface area contributed by atoms with E-state index in [1.165, 1.54) is 5.39 Å². The largest absolute Gasteiger partial charge is 0.459 e. The van der Waals surface area contributed by atoms with E-state index in [1.807, 2.05) is 18.2 Å². The van der Waals surface area contributed by atoms with E-state index >= 15 is 0 Å². The molecule has 1 heterocycles. The molecule has 1 aromatic heterocycles. The molecule has 0 aliphatic heterocycles. The van der Waals surface area contributed by atoms with E-state index in [0.717, 1.165) is 30.9 Å². The highest BCUT2D eigenvalue weighted by atomic mass is 16.3. The van der Waals surface area contributed by atoms with E-state index < -0.39 is 0 Å². The van der Waals surface area contributed by atoms with Crippen LogP contribution in [0.4, 0.5) is 0 Å². The molecule has 0 saturated carbocycles. The van der Waals surface area contributed by atoms with Gasteiger partial charge < -0.3 is 14.6 Å². The normalized spacial score (nSPS) is 13.3. The molecule has 0 saturated heterocycles. The minimum Gasteiger partial charge on any atom is -0.459 e. The lowest BCUT2D eigenvalue weighted by Crippen LogP contribution is -2.23. The van der Waals surface area contributed by atoms with Crippen LogP contribution in [0.2, 0.25) is 0 Å². The van der Waals surface area contributed by atoms with Crippen LogP contribution in [0.25, 0.3) is 11.0 Å². The molecule has 0 aliphatic carbocycles. The van der Waals surface area contributed by atoms with Crippen LogP contribution in [-0.4, -0.2) is 32.1 Å². The number of hydrogen-bond acceptors (Lipinski definition) is 3. The van der Waals surface area contributed by atoms with E-state index in [-0.39, 0.29) is 6.04 Å². The Morgan fingerprint density at radius 1 is 1.28 bits per heavy atom. The third-order valence-electron chi connectivity index (χ3n) is 3.10. The monoisotopic (exact) mass is 246 g/mol. The molecule has 0 bridgehead atoms. The maximum atomic E-state index is 5.84. The van der Waals surface area contributed by atoms with Crippen LogP contribution in [0.5, 0.6) is 0 Å². The molecule has 0 amide bonds. The molecule has 3 nitrogen and oxygen atoms in total. The molecule has 2 aromatic rings. The molecule has 18 heavy (non-hydrogen) atoms. The number of nitrogens with zero attached hydrogens (tertiary/aromatic N) is 1. The number of fused-ring (bicyclic) bond motifs is 1. The first-order chi connectivity index (χ1) is 8.66. The van der Waals surface area contributed by atoms with E-state index in [0.29, 0.717) is 0 Å². The Morgan fingerprint density at radius 3 is 2.78 bits per heavy atom. The van der Waals surface area contributed by atoms with Gasteiger partial charge in [-0.05, 0) is 52.7 Å². The van der Waals surface area contributed by atoms with Gasteiger partial charge in [-0.15, -0.1) is 0 Å². The maximum absolute atomic E-state index is 5.84. The van der Waals surface area contributed by atoms with Gasteiger partial charge in [0.15, 0.2) is 0 Å². The molecule has 0 fully saturated rings. The van der Waals surface area contributed by atoms with Crippen molar-refractivity contribution in [3.63, 3.8) is 0 Å². The van der Waals surface area contributed by atoms with Crippen molar-refractivity contribution in [1.82, 2.24) is 10.2 Å². The van der Waals surface area contributed by atoms with Gasteiger partial charge in [-0.25, -0.2) is 0 Å². The Bertz CT molecular complexity index is 457. The number of benzene rings is 1. The summed E-state index contributed by atoms with van der Waals surface area (Å²) in [5.74, 6) is 1.01. The zero-order valence-corrected chi connectivity index (χ0v) is 11.4. The lowest BCUT2D eigenvalue weighted by Gasteiger charge is -2.13. The summed E-state index contributed by atoms with van der Waals surface area (Å²) >= 11 is 0. The van der Waals surface area contributed by atoms with Gasteiger partial charge in [0.2, 0.25) is 0 Å². The number of rotatable bonds is 6. The molecular weight excluding hydrogens is 224 g/mol. The number of furan rings is 1. The molecule has 2 rings (SSSR count). The van der Waals surface area contributed by atoms with E-state index in [2.05, 4.69) is 43.4 Å². The van der Waals surface area contributed by atoms with Gasteiger partial charge in [-0.3, -0.25) is 0 Å². The molecule has 0 aliphatic rings. The molecule has 1 unspecified atom stereocenters. The second-order valence-electron chi connectivity index (χ2n) is 5.02. The smallest absolute Gasteiger partial charge is 0.134 e. The number of nitrogens with one attached hydrogen (secondary N) is 1. The van der Waals surface area contributed by atoms with Gasteiger partial charge >= 0.3 is 0 Å². The van der Waals surface area contributed by atoms with Crippen LogP contribution >= 0.6 is 0 Å². The third-order valence-corrected chi connectivity index (χ3v) is 3.10. The summed E-state index contributed by atoms with van der Waals surface area (Å²) in [5, 5.41) is 4.67. The second kappa shape index (κ2) is 6.03. The minimum atomic E-state index is 0.263. The van der Waals surface area contributed by atoms with Crippen molar-refractivity contribution in [3.8, 4) is 0 Å². The van der Waals surface area contributed by atoms with Crippen LogP contribution in [-0.2, 0) is 0 Å². The van der Waals surface area contributed by atoms with Crippen molar-refractivity contribution in [2.75, 3.05) is 27.2 Å². The lowest BCUT2D eigenvalue weighted by molar-refractivity contribution is 0.380. The third kappa shape index (κ3) is 3.34. The molecular formula is C15H22N2O. The SMILES string of the molecule is CC(NCCCN(C)C)c1cc2ccccc2o1. The van der Waals surface area contributed by atoms with Gasteiger partial charge in [0.1, 0.15) is 11.3 Å². The Kier molecular flexibility index (Phi) is 4.39. The average molecular weight is 246 g/mol. The standard InChI is InChI=1S/C15H22N2O/c1-12(16-9-6-10-17(2)3)15-11-13-7-4-5-8-14(13)18-15/h4-5,7-8,11-12,16H,6,9-10H2,1-3H3. The summed E-state index contributed by atoms with van der Waals surface area (Å²) in [6, 6.07) is 10.5. The van der Waals surface area contributed by atoms with E-state index in [9.17, 15) is 0 Å². The Labute approximate surface area is 109 Å². The summed E-state index contributed by atoms with van der Waals surface area (Å²) < 4.78 is 5.84. The molecule has 1 aromatic carbocycles. The topological polar surface area (TPSA) is 28.4 Å². The van der Waals surface area contributed by atoms with Crippen molar-refractivity contribution in [1.29, 1.82) is 0 Å². The number of para-hydroxylation sites is 1. The highest BCUT2D eigenvalue weighted by Gasteiger charge is 2.10. The Morgan fingerprint density at radius 2 is 2.06 bits per heavy atom. The van der Waals surface area contributed by atoms with Gasteiger partial charge in [-0.2, -0.15) is 0 Å². The fourth-order valence-electron chi connectivity index (χ4n) is 2.03. The van der Waals surface area contributed by atoms with Gasteiger partial charge in [0, 0.05) is 5.39 Å². The molecule has 1 N–H and O–H groups in total. The van der Waals surface area contributed by atoms with Gasteiger partial charge in [0.05, 0.1) is 6.04 Å². The summed E-state index contributed by atoms with van der Waals surface area (Å²) in [6.45, 7) is 4.27. The van der Waals surface area contributed by atoms with Crippen LogP contribution in [0.15, 0.2) is 34.7 Å². The highest BCUT2D eigenvalue weighted by molar-refractivity contribution is 5.77. The van der Waals surface area contributed by atoms with E-state index in [1.54, 1.807) is 0 Å². The minimum absolute atomic E-state index is 0.263. The van der Waals surface area contributed by atoms with Crippen LogP contribution in [0.3, 0.4) is 0 Å². The predicted molar refractivity (Wildman–Crippen MR) is 75.8 cm³/mol. The zero-order chi connectivity index (χ0) is 13.0. The quantitative estimate of drug-likeness (QED) is 0.794. The molecule has 1 atom stereocenters. The molecule has 3 heteroatoms. The Hall–Kier alpha value is -1.32. The van der Waals surface area contributed by atoms with Crippen molar-refractivity contribution in [3.05, 3.63) is 36.1 Å².